The molecule has 0 aromatic rings. The van der Waals surface area contributed by atoms with Gasteiger partial charge in [-0.05, 0) is 46.6 Å². The number of nitrogens with one attached hydrogen (secondary N) is 2. The van der Waals surface area contributed by atoms with Crippen molar-refractivity contribution in [1.29, 1.82) is 0 Å². The minimum atomic E-state index is 0.417. The van der Waals surface area contributed by atoms with Crippen LogP contribution in [0.3, 0.4) is 0 Å². The van der Waals surface area contributed by atoms with E-state index in [-0.39, 0.29) is 0 Å². The van der Waals surface area contributed by atoms with Crippen LogP contribution in [0.1, 0.15) is 12.8 Å². The molecule has 0 radical (unpaired) electrons. The van der Waals surface area contributed by atoms with Gasteiger partial charge in [0, 0.05) is 13.1 Å². The first-order valence-electron chi connectivity index (χ1n) is 5.97. The van der Waals surface area contributed by atoms with Crippen LogP contribution in [-0.2, 0) is 4.74 Å². The van der Waals surface area contributed by atoms with E-state index in [0.29, 0.717) is 6.10 Å². The molecular formula is C11H25N3O. The summed E-state index contributed by atoms with van der Waals surface area (Å²) in [6, 6.07) is 0. The fourth-order valence-electron chi connectivity index (χ4n) is 1.71. The molecule has 1 unspecified atom stereocenters. The Hall–Kier alpha value is -0.160. The van der Waals surface area contributed by atoms with Gasteiger partial charge < -0.3 is 20.3 Å². The van der Waals surface area contributed by atoms with Crippen molar-refractivity contribution in [2.45, 2.75) is 18.9 Å². The minimum Gasteiger partial charge on any atom is -0.376 e. The molecule has 0 aromatic carbocycles. The maximum atomic E-state index is 5.61. The molecule has 1 heterocycles. The van der Waals surface area contributed by atoms with Crippen molar-refractivity contribution < 1.29 is 4.74 Å². The van der Waals surface area contributed by atoms with Gasteiger partial charge in [0.05, 0.1) is 12.7 Å². The van der Waals surface area contributed by atoms with Crippen molar-refractivity contribution in [3.05, 3.63) is 0 Å². The topological polar surface area (TPSA) is 36.5 Å². The van der Waals surface area contributed by atoms with E-state index in [9.17, 15) is 0 Å². The van der Waals surface area contributed by atoms with Crippen molar-refractivity contribution >= 4 is 0 Å². The molecule has 15 heavy (non-hydrogen) atoms. The van der Waals surface area contributed by atoms with E-state index in [1.807, 2.05) is 0 Å². The van der Waals surface area contributed by atoms with Crippen molar-refractivity contribution in [3.63, 3.8) is 0 Å². The molecule has 1 atom stereocenters. The van der Waals surface area contributed by atoms with Gasteiger partial charge in [-0.15, -0.1) is 0 Å². The first-order valence-corrected chi connectivity index (χ1v) is 5.97. The summed E-state index contributed by atoms with van der Waals surface area (Å²) < 4.78 is 5.61. The highest BCUT2D eigenvalue weighted by molar-refractivity contribution is 4.68. The number of hydrogen-bond acceptors (Lipinski definition) is 4. The van der Waals surface area contributed by atoms with Gasteiger partial charge in [-0.2, -0.15) is 0 Å². The summed E-state index contributed by atoms with van der Waals surface area (Å²) in [6.07, 6.45) is 2.76. The van der Waals surface area contributed by atoms with Gasteiger partial charge in [-0.25, -0.2) is 0 Å². The van der Waals surface area contributed by atoms with E-state index >= 15 is 0 Å². The second-order valence-corrected chi connectivity index (χ2v) is 4.39. The molecule has 1 aliphatic heterocycles. The SMILES string of the molecule is CN(C)CCCNCCC1CNCCO1. The Morgan fingerprint density at radius 1 is 1.40 bits per heavy atom. The standard InChI is InChI=1S/C11H25N3O/c1-14(2)8-3-5-12-6-4-11-10-13-7-9-15-11/h11-13H,3-10H2,1-2H3. The minimum absolute atomic E-state index is 0.417. The van der Waals surface area contributed by atoms with Gasteiger partial charge in [-0.1, -0.05) is 0 Å². The molecule has 0 aromatic heterocycles. The van der Waals surface area contributed by atoms with Crippen LogP contribution in [-0.4, -0.2) is 64.4 Å². The highest BCUT2D eigenvalue weighted by Crippen LogP contribution is 1.99. The smallest absolute Gasteiger partial charge is 0.0712 e. The van der Waals surface area contributed by atoms with Gasteiger partial charge >= 0.3 is 0 Å². The fourth-order valence-corrected chi connectivity index (χ4v) is 1.71. The lowest BCUT2D eigenvalue weighted by Crippen LogP contribution is -2.40. The highest BCUT2D eigenvalue weighted by atomic mass is 16.5. The van der Waals surface area contributed by atoms with Gasteiger partial charge in [0.15, 0.2) is 0 Å². The number of morpholine rings is 1. The monoisotopic (exact) mass is 215 g/mol. The van der Waals surface area contributed by atoms with Crippen molar-refractivity contribution in [2.75, 3.05) is 53.4 Å². The molecule has 1 rings (SSSR count). The fraction of sp³-hybridized carbons (Fsp3) is 1.00. The normalized spacial score (nSPS) is 22.2. The van der Waals surface area contributed by atoms with Crippen LogP contribution in [0.4, 0.5) is 0 Å². The van der Waals surface area contributed by atoms with Crippen LogP contribution in [0.2, 0.25) is 0 Å². The van der Waals surface area contributed by atoms with E-state index in [0.717, 1.165) is 45.8 Å². The lowest BCUT2D eigenvalue weighted by molar-refractivity contribution is 0.0239. The summed E-state index contributed by atoms with van der Waals surface area (Å²) in [7, 11) is 4.23. The Kier molecular flexibility index (Phi) is 6.92. The van der Waals surface area contributed by atoms with Crippen LogP contribution in [0.5, 0.6) is 0 Å². The molecule has 2 N–H and O–H groups in total. The van der Waals surface area contributed by atoms with Crippen LogP contribution < -0.4 is 10.6 Å². The molecule has 1 fully saturated rings. The number of nitrogens with zero attached hydrogens (tertiary/aromatic N) is 1. The Balaban J connectivity index is 1.83. The zero-order valence-corrected chi connectivity index (χ0v) is 10.1. The summed E-state index contributed by atoms with van der Waals surface area (Å²) in [5.74, 6) is 0. The lowest BCUT2D eigenvalue weighted by Gasteiger charge is -2.23. The van der Waals surface area contributed by atoms with E-state index < -0.39 is 0 Å². The first-order chi connectivity index (χ1) is 7.29. The second kappa shape index (κ2) is 8.05. The van der Waals surface area contributed by atoms with E-state index in [4.69, 9.17) is 4.74 Å². The maximum Gasteiger partial charge on any atom is 0.0712 e. The molecule has 1 aliphatic rings. The Morgan fingerprint density at radius 2 is 2.27 bits per heavy atom. The molecule has 0 aliphatic carbocycles. The Bertz CT molecular complexity index is 147. The van der Waals surface area contributed by atoms with Gasteiger partial charge in [-0.3, -0.25) is 0 Å². The summed E-state index contributed by atoms with van der Waals surface area (Å²) in [5, 5.41) is 6.80. The third-order valence-corrected chi connectivity index (χ3v) is 2.61. The second-order valence-electron chi connectivity index (χ2n) is 4.39. The van der Waals surface area contributed by atoms with Crippen LogP contribution in [0.15, 0.2) is 0 Å². The van der Waals surface area contributed by atoms with Crippen LogP contribution in [0.25, 0.3) is 0 Å². The Labute approximate surface area is 93.4 Å². The number of hydrogen-bond donors (Lipinski definition) is 2. The number of rotatable bonds is 7. The van der Waals surface area contributed by atoms with Gasteiger partial charge in [0.1, 0.15) is 0 Å². The molecule has 4 heteroatoms. The molecule has 0 spiro atoms. The average Bonchev–Trinajstić information content (AvgIpc) is 2.24. The third kappa shape index (κ3) is 6.84. The summed E-state index contributed by atoms with van der Waals surface area (Å²) in [6.45, 7) is 6.23. The molecule has 0 bridgehead atoms. The van der Waals surface area contributed by atoms with E-state index in [1.165, 1.54) is 6.42 Å². The summed E-state index contributed by atoms with van der Waals surface area (Å²) >= 11 is 0. The highest BCUT2D eigenvalue weighted by Gasteiger charge is 2.11. The predicted octanol–water partition coefficient (Wildman–Crippen LogP) is -0.0938. The van der Waals surface area contributed by atoms with Crippen molar-refractivity contribution in [3.8, 4) is 0 Å². The van der Waals surface area contributed by atoms with E-state index in [1.54, 1.807) is 0 Å². The zero-order chi connectivity index (χ0) is 10.9. The number of ether oxygens (including phenoxy) is 1. The van der Waals surface area contributed by atoms with Crippen molar-refractivity contribution in [1.82, 2.24) is 15.5 Å². The third-order valence-electron chi connectivity index (χ3n) is 2.61. The summed E-state index contributed by atoms with van der Waals surface area (Å²) in [5.41, 5.74) is 0. The van der Waals surface area contributed by atoms with Crippen LogP contribution in [0, 0.1) is 0 Å². The van der Waals surface area contributed by atoms with E-state index in [2.05, 4.69) is 29.6 Å². The molecule has 0 saturated carbocycles. The summed E-state index contributed by atoms with van der Waals surface area (Å²) in [4.78, 5) is 2.22. The molecule has 90 valence electrons. The largest absolute Gasteiger partial charge is 0.376 e. The Morgan fingerprint density at radius 3 is 2.93 bits per heavy atom. The molecule has 0 amide bonds. The van der Waals surface area contributed by atoms with Crippen molar-refractivity contribution in [2.24, 2.45) is 0 Å². The zero-order valence-electron chi connectivity index (χ0n) is 10.1. The average molecular weight is 215 g/mol. The van der Waals surface area contributed by atoms with Crippen LogP contribution >= 0.6 is 0 Å². The van der Waals surface area contributed by atoms with Gasteiger partial charge in [0.2, 0.25) is 0 Å². The lowest BCUT2D eigenvalue weighted by atomic mass is 10.2. The predicted molar refractivity (Wildman–Crippen MR) is 63.3 cm³/mol. The maximum absolute atomic E-state index is 5.61. The molecule has 4 nitrogen and oxygen atoms in total. The van der Waals surface area contributed by atoms with Gasteiger partial charge in [0.25, 0.3) is 0 Å². The molecule has 1 saturated heterocycles. The molecular weight excluding hydrogens is 190 g/mol. The first kappa shape index (κ1) is 12.9. The quantitative estimate of drug-likeness (QED) is 0.582.